The van der Waals surface area contributed by atoms with Crippen LogP contribution in [-0.4, -0.2) is 34.1 Å². The van der Waals surface area contributed by atoms with Crippen LogP contribution in [0, 0.1) is 5.92 Å². The van der Waals surface area contributed by atoms with Crippen LogP contribution < -0.4 is 4.90 Å². The maximum absolute atomic E-state index is 13.0. The van der Waals surface area contributed by atoms with Crippen LogP contribution in [-0.2, 0) is 9.59 Å². The van der Waals surface area contributed by atoms with Gasteiger partial charge in [0, 0.05) is 18.7 Å². The molecule has 2 aliphatic rings. The Morgan fingerprint density at radius 2 is 1.83 bits per heavy atom. The van der Waals surface area contributed by atoms with Crippen molar-refractivity contribution in [1.82, 2.24) is 4.90 Å². The minimum absolute atomic E-state index is 0.0944. The zero-order valence-corrected chi connectivity index (χ0v) is 15.7. The lowest BCUT2D eigenvalue weighted by molar-refractivity contribution is -0.122. The van der Waals surface area contributed by atoms with Gasteiger partial charge in [0.05, 0.1) is 16.2 Å². The Bertz CT molecular complexity index is 755. The molecule has 1 aromatic rings. The molecule has 2 aliphatic heterocycles. The summed E-state index contributed by atoms with van der Waals surface area (Å²) in [5.41, 5.74) is 2.22. The van der Waals surface area contributed by atoms with Crippen LogP contribution in [0.5, 0.6) is 0 Å². The molecule has 4 nitrogen and oxygen atoms in total. The van der Waals surface area contributed by atoms with Gasteiger partial charge in [0.1, 0.15) is 4.32 Å². The standard InChI is InChI=1S/C18H20N2O2S2/c1-4-9-19-13-8-6-5-7-12(13)14(16(19)21)15-17(22)20(10-11(2)3)18(23)24-15/h5-8,11H,4,9-10H2,1-3H3/b15-14+. The van der Waals surface area contributed by atoms with Crippen LogP contribution in [0.15, 0.2) is 29.2 Å². The average Bonchev–Trinajstić information content (AvgIpc) is 2.96. The number of para-hydroxylation sites is 1. The third-order valence-electron chi connectivity index (χ3n) is 3.99. The predicted octanol–water partition coefficient (Wildman–Crippen LogP) is 3.67. The largest absolute Gasteiger partial charge is 0.308 e. The van der Waals surface area contributed by atoms with Gasteiger partial charge in [-0.25, -0.2) is 0 Å². The Balaban J connectivity index is 2.08. The van der Waals surface area contributed by atoms with E-state index in [2.05, 4.69) is 0 Å². The van der Waals surface area contributed by atoms with E-state index in [1.807, 2.05) is 45.0 Å². The third-order valence-corrected chi connectivity index (χ3v) is 5.44. The van der Waals surface area contributed by atoms with Gasteiger partial charge in [0.2, 0.25) is 0 Å². The van der Waals surface area contributed by atoms with Crippen molar-refractivity contribution in [3.05, 3.63) is 34.7 Å². The number of thiocarbonyl (C=S) groups is 1. The number of rotatable bonds is 4. The van der Waals surface area contributed by atoms with Crippen molar-refractivity contribution in [2.45, 2.75) is 27.2 Å². The van der Waals surface area contributed by atoms with E-state index >= 15 is 0 Å². The number of hydrogen-bond acceptors (Lipinski definition) is 4. The highest BCUT2D eigenvalue weighted by atomic mass is 32.2. The maximum Gasteiger partial charge on any atom is 0.267 e. The second kappa shape index (κ2) is 6.69. The number of carbonyl (C=O) groups is 2. The Labute approximate surface area is 151 Å². The number of thioether (sulfide) groups is 1. The van der Waals surface area contributed by atoms with Crippen molar-refractivity contribution in [1.29, 1.82) is 0 Å². The van der Waals surface area contributed by atoms with Crippen LogP contribution in [0.2, 0.25) is 0 Å². The van der Waals surface area contributed by atoms with Gasteiger partial charge < -0.3 is 4.90 Å². The van der Waals surface area contributed by atoms with E-state index < -0.39 is 0 Å². The number of anilines is 1. The molecule has 1 fully saturated rings. The summed E-state index contributed by atoms with van der Waals surface area (Å²) in [4.78, 5) is 29.7. The molecule has 0 saturated carbocycles. The smallest absolute Gasteiger partial charge is 0.267 e. The molecule has 0 bridgehead atoms. The number of hydrogen-bond donors (Lipinski definition) is 0. The Hall–Kier alpha value is -1.66. The minimum Gasteiger partial charge on any atom is -0.308 e. The molecule has 6 heteroatoms. The summed E-state index contributed by atoms with van der Waals surface area (Å²) in [6, 6.07) is 7.66. The first kappa shape index (κ1) is 17.2. The second-order valence-corrected chi connectivity index (χ2v) is 8.00. The lowest BCUT2D eigenvalue weighted by Crippen LogP contribution is -2.32. The van der Waals surface area contributed by atoms with Gasteiger partial charge in [0.25, 0.3) is 11.8 Å². The summed E-state index contributed by atoms with van der Waals surface area (Å²) in [5, 5.41) is 0. The van der Waals surface area contributed by atoms with Crippen LogP contribution in [0.3, 0.4) is 0 Å². The number of carbonyl (C=O) groups excluding carboxylic acids is 2. The van der Waals surface area contributed by atoms with Crippen molar-refractivity contribution in [3.63, 3.8) is 0 Å². The van der Waals surface area contributed by atoms with Gasteiger partial charge in [-0.1, -0.05) is 63.0 Å². The van der Waals surface area contributed by atoms with Crippen LogP contribution >= 0.6 is 24.0 Å². The van der Waals surface area contributed by atoms with E-state index in [9.17, 15) is 9.59 Å². The summed E-state index contributed by atoms with van der Waals surface area (Å²) < 4.78 is 0.537. The first-order valence-electron chi connectivity index (χ1n) is 8.14. The molecule has 0 N–H and O–H groups in total. The molecule has 0 spiro atoms. The molecule has 0 unspecified atom stereocenters. The van der Waals surface area contributed by atoms with Crippen molar-refractivity contribution >= 4 is 51.4 Å². The summed E-state index contributed by atoms with van der Waals surface area (Å²) in [7, 11) is 0. The highest BCUT2D eigenvalue weighted by Gasteiger charge is 2.41. The van der Waals surface area contributed by atoms with Crippen LogP contribution in [0.4, 0.5) is 5.69 Å². The Morgan fingerprint density at radius 3 is 2.50 bits per heavy atom. The van der Waals surface area contributed by atoms with Gasteiger partial charge in [0.15, 0.2) is 0 Å². The Morgan fingerprint density at radius 1 is 1.12 bits per heavy atom. The molecule has 0 aliphatic carbocycles. The van der Waals surface area contributed by atoms with Crippen molar-refractivity contribution in [2.75, 3.05) is 18.0 Å². The van der Waals surface area contributed by atoms with E-state index in [0.29, 0.717) is 33.8 Å². The first-order valence-corrected chi connectivity index (χ1v) is 9.37. The molecule has 2 amide bonds. The van der Waals surface area contributed by atoms with Crippen molar-refractivity contribution in [2.24, 2.45) is 5.92 Å². The van der Waals surface area contributed by atoms with Crippen LogP contribution in [0.25, 0.3) is 5.57 Å². The summed E-state index contributed by atoms with van der Waals surface area (Å²) in [6.07, 6.45) is 0.863. The quantitative estimate of drug-likeness (QED) is 0.607. The molecule has 3 rings (SSSR count). The summed E-state index contributed by atoms with van der Waals surface area (Å²) in [5.74, 6) is 0.0818. The predicted molar refractivity (Wildman–Crippen MR) is 103 cm³/mol. The van der Waals surface area contributed by atoms with Gasteiger partial charge in [-0.05, 0) is 18.4 Å². The molecule has 24 heavy (non-hydrogen) atoms. The number of benzene rings is 1. The van der Waals surface area contributed by atoms with E-state index in [1.54, 1.807) is 9.80 Å². The van der Waals surface area contributed by atoms with Gasteiger partial charge in [-0.2, -0.15) is 0 Å². The molecular weight excluding hydrogens is 340 g/mol. The lowest BCUT2D eigenvalue weighted by Gasteiger charge is -2.16. The lowest BCUT2D eigenvalue weighted by atomic mass is 10.1. The van der Waals surface area contributed by atoms with E-state index in [4.69, 9.17) is 12.2 Å². The fourth-order valence-electron chi connectivity index (χ4n) is 3.02. The van der Waals surface area contributed by atoms with Crippen molar-refractivity contribution < 1.29 is 9.59 Å². The zero-order valence-electron chi connectivity index (χ0n) is 14.0. The molecule has 1 saturated heterocycles. The van der Waals surface area contributed by atoms with Crippen molar-refractivity contribution in [3.8, 4) is 0 Å². The molecule has 0 atom stereocenters. The fraction of sp³-hybridized carbons (Fsp3) is 0.389. The van der Waals surface area contributed by atoms with E-state index in [0.717, 1.165) is 17.7 Å². The SMILES string of the molecule is CCCN1C(=O)/C(=C2/SC(=S)N(CC(C)C)C2=O)c2ccccc21. The van der Waals surface area contributed by atoms with Gasteiger partial charge in [-0.3, -0.25) is 14.5 Å². The topological polar surface area (TPSA) is 40.6 Å². The Kier molecular flexibility index (Phi) is 4.78. The number of fused-ring (bicyclic) bond motifs is 1. The monoisotopic (exact) mass is 360 g/mol. The molecular formula is C18H20N2O2S2. The second-order valence-electron chi connectivity index (χ2n) is 6.36. The normalized spacial score (nSPS) is 20.6. The van der Waals surface area contributed by atoms with Crippen LogP contribution in [0.1, 0.15) is 32.8 Å². The highest BCUT2D eigenvalue weighted by molar-refractivity contribution is 8.26. The molecule has 1 aromatic carbocycles. The third kappa shape index (κ3) is 2.78. The molecule has 2 heterocycles. The average molecular weight is 361 g/mol. The zero-order chi connectivity index (χ0) is 17.4. The number of nitrogens with zero attached hydrogens (tertiary/aromatic N) is 2. The minimum atomic E-state index is -0.143. The molecule has 126 valence electrons. The first-order chi connectivity index (χ1) is 11.5. The number of amides is 2. The van der Waals surface area contributed by atoms with Gasteiger partial charge in [-0.15, -0.1) is 0 Å². The molecule has 0 radical (unpaired) electrons. The summed E-state index contributed by atoms with van der Waals surface area (Å²) >= 11 is 6.62. The summed E-state index contributed by atoms with van der Waals surface area (Å²) in [6.45, 7) is 7.35. The van der Waals surface area contributed by atoms with Gasteiger partial charge >= 0.3 is 0 Å². The highest BCUT2D eigenvalue weighted by Crippen LogP contribution is 2.44. The van der Waals surface area contributed by atoms with E-state index in [-0.39, 0.29) is 11.8 Å². The van der Waals surface area contributed by atoms with E-state index in [1.165, 1.54) is 11.8 Å². The maximum atomic E-state index is 13.0. The fourth-order valence-corrected chi connectivity index (χ4v) is 4.36. The molecule has 0 aromatic heterocycles.